The second kappa shape index (κ2) is 10.2. The average molecular weight is 496 g/mol. The maximum Gasteiger partial charge on any atom is 0.274 e. The zero-order valence-electron chi connectivity index (χ0n) is 19.9. The molecule has 0 saturated heterocycles. The Kier molecular flexibility index (Phi) is 7.07. The summed E-state index contributed by atoms with van der Waals surface area (Å²) < 4.78 is 14.7. The number of carbonyl (C=O) groups excluding carboxylic acids is 1. The van der Waals surface area contributed by atoms with E-state index in [4.69, 9.17) is 21.1 Å². The van der Waals surface area contributed by atoms with Gasteiger partial charge in [0, 0.05) is 17.1 Å². The van der Waals surface area contributed by atoms with Gasteiger partial charge in [0.15, 0.2) is 6.61 Å². The minimum Gasteiger partial charge on any atom is -0.485 e. The molecule has 2 heterocycles. The van der Waals surface area contributed by atoms with E-state index in [1.54, 1.807) is 29.2 Å². The zero-order chi connectivity index (χ0) is 25.1. The lowest BCUT2D eigenvalue weighted by molar-refractivity contribution is -0.118. The highest BCUT2D eigenvalue weighted by Gasteiger charge is 2.13. The maximum atomic E-state index is 12.6. The predicted molar refractivity (Wildman–Crippen MR) is 133 cm³/mol. The molecule has 0 saturated carbocycles. The number of ether oxygens (including phenoxy) is 2. The van der Waals surface area contributed by atoms with Gasteiger partial charge in [-0.25, -0.2) is 4.98 Å². The van der Waals surface area contributed by atoms with Gasteiger partial charge in [-0.1, -0.05) is 29.3 Å². The van der Waals surface area contributed by atoms with E-state index in [1.807, 2.05) is 45.9 Å². The Balaban J connectivity index is 1.46. The van der Waals surface area contributed by atoms with Crippen LogP contribution in [0.4, 0.5) is 5.69 Å². The van der Waals surface area contributed by atoms with Gasteiger partial charge in [0.1, 0.15) is 24.4 Å². The van der Waals surface area contributed by atoms with Gasteiger partial charge in [-0.15, -0.1) is 0 Å². The van der Waals surface area contributed by atoms with E-state index in [-0.39, 0.29) is 36.5 Å². The number of nitrogens with one attached hydrogen (secondary N) is 1. The fraction of sp³-hybridized carbons (Fsp3) is 0.280. The van der Waals surface area contributed by atoms with Crippen LogP contribution in [0.25, 0.3) is 5.78 Å². The van der Waals surface area contributed by atoms with Crippen LogP contribution in [0.1, 0.15) is 36.7 Å². The zero-order valence-corrected chi connectivity index (χ0v) is 20.7. The van der Waals surface area contributed by atoms with E-state index in [0.29, 0.717) is 27.9 Å². The third-order valence-corrected chi connectivity index (χ3v) is 5.50. The van der Waals surface area contributed by atoms with E-state index in [1.165, 1.54) is 10.6 Å². The number of rotatable bonds is 8. The van der Waals surface area contributed by atoms with Crippen molar-refractivity contribution in [2.24, 2.45) is 0 Å². The number of nitrogens with zero attached hydrogens (tertiary/aromatic N) is 4. The Labute approximate surface area is 207 Å². The van der Waals surface area contributed by atoms with Gasteiger partial charge in [-0.05, 0) is 57.5 Å². The van der Waals surface area contributed by atoms with Crippen molar-refractivity contribution in [2.75, 3.05) is 11.9 Å². The summed E-state index contributed by atoms with van der Waals surface area (Å²) in [5.74, 6) is 0.942. The summed E-state index contributed by atoms with van der Waals surface area (Å²) in [7, 11) is 0. The molecule has 4 aromatic rings. The van der Waals surface area contributed by atoms with Crippen LogP contribution in [0.2, 0.25) is 5.02 Å². The summed E-state index contributed by atoms with van der Waals surface area (Å²) in [6, 6.07) is 12.1. The van der Waals surface area contributed by atoms with E-state index in [0.717, 1.165) is 11.1 Å². The molecule has 0 atom stereocenters. The fourth-order valence-electron chi connectivity index (χ4n) is 3.58. The Hall–Kier alpha value is -3.85. The van der Waals surface area contributed by atoms with Gasteiger partial charge < -0.3 is 14.8 Å². The number of fused-ring (bicyclic) bond motifs is 1. The van der Waals surface area contributed by atoms with Crippen molar-refractivity contribution in [1.82, 2.24) is 19.2 Å². The molecule has 0 spiro atoms. The lowest BCUT2D eigenvalue weighted by Gasteiger charge is -2.14. The molecule has 0 radical (unpaired) electrons. The molecule has 1 amide bonds. The molecular weight excluding hydrogens is 470 g/mol. The Bertz CT molecular complexity index is 1440. The van der Waals surface area contributed by atoms with Crippen molar-refractivity contribution >= 4 is 29.0 Å². The molecule has 0 unspecified atom stereocenters. The summed E-state index contributed by atoms with van der Waals surface area (Å²) in [6.07, 6.45) is 1.58. The van der Waals surface area contributed by atoms with Crippen molar-refractivity contribution in [2.45, 2.75) is 40.3 Å². The second-order valence-corrected chi connectivity index (χ2v) is 8.89. The standard InChI is InChI=1S/C25H26ClN5O4/c1-15(2)30-14-27-25-28-19(11-24(33)31(25)30)12-34-22-8-6-18(26)10-20(22)29-23(32)13-35-21-7-5-16(3)9-17(21)4/h5-11,14-15H,12-13H2,1-4H3,(H,29,32). The quantitative estimate of drug-likeness (QED) is 0.390. The van der Waals surface area contributed by atoms with Gasteiger partial charge in [0.2, 0.25) is 0 Å². The van der Waals surface area contributed by atoms with Gasteiger partial charge in [0.05, 0.1) is 11.4 Å². The van der Waals surface area contributed by atoms with Crippen molar-refractivity contribution in [1.29, 1.82) is 0 Å². The van der Waals surface area contributed by atoms with Crippen LogP contribution in [-0.4, -0.2) is 31.7 Å². The van der Waals surface area contributed by atoms with E-state index < -0.39 is 0 Å². The third-order valence-electron chi connectivity index (χ3n) is 5.26. The molecule has 2 aromatic heterocycles. The first kappa shape index (κ1) is 24.3. The van der Waals surface area contributed by atoms with Gasteiger partial charge in [-0.2, -0.15) is 9.50 Å². The number of hydrogen-bond donors (Lipinski definition) is 1. The van der Waals surface area contributed by atoms with E-state index in [9.17, 15) is 9.59 Å². The lowest BCUT2D eigenvalue weighted by Crippen LogP contribution is -2.23. The second-order valence-electron chi connectivity index (χ2n) is 8.45. The van der Waals surface area contributed by atoms with Crippen LogP contribution in [0, 0.1) is 13.8 Å². The summed E-state index contributed by atoms with van der Waals surface area (Å²) in [5.41, 5.74) is 2.60. The summed E-state index contributed by atoms with van der Waals surface area (Å²) >= 11 is 6.13. The highest BCUT2D eigenvalue weighted by molar-refractivity contribution is 6.31. The van der Waals surface area contributed by atoms with Crippen LogP contribution < -0.4 is 20.3 Å². The molecule has 0 aliphatic carbocycles. The van der Waals surface area contributed by atoms with Gasteiger partial charge in [0.25, 0.3) is 17.2 Å². The molecule has 2 aromatic carbocycles. The first-order chi connectivity index (χ1) is 16.7. The van der Waals surface area contributed by atoms with E-state index >= 15 is 0 Å². The molecule has 0 aliphatic rings. The number of carbonyl (C=O) groups is 1. The number of aromatic nitrogens is 4. The largest absolute Gasteiger partial charge is 0.485 e. The molecule has 182 valence electrons. The minimum atomic E-state index is -0.367. The number of anilines is 1. The molecular formula is C25H26ClN5O4. The highest BCUT2D eigenvalue weighted by atomic mass is 35.5. The molecule has 0 fully saturated rings. The summed E-state index contributed by atoms with van der Waals surface area (Å²) in [6.45, 7) is 7.65. The topological polar surface area (TPSA) is 99.7 Å². The average Bonchev–Trinajstić information content (AvgIpc) is 3.23. The molecule has 35 heavy (non-hydrogen) atoms. The number of hydrogen-bond acceptors (Lipinski definition) is 6. The predicted octanol–water partition coefficient (Wildman–Crippen LogP) is 4.34. The van der Waals surface area contributed by atoms with E-state index in [2.05, 4.69) is 15.3 Å². The van der Waals surface area contributed by atoms with Crippen molar-refractivity contribution in [3.63, 3.8) is 0 Å². The first-order valence-corrected chi connectivity index (χ1v) is 11.5. The van der Waals surface area contributed by atoms with Gasteiger partial charge >= 0.3 is 0 Å². The number of benzene rings is 2. The van der Waals surface area contributed by atoms with Crippen LogP contribution in [0.3, 0.4) is 0 Å². The van der Waals surface area contributed by atoms with Crippen molar-refractivity contribution in [3.8, 4) is 11.5 Å². The van der Waals surface area contributed by atoms with Crippen LogP contribution in [-0.2, 0) is 11.4 Å². The number of aryl methyl sites for hydroxylation is 2. The molecule has 10 heteroatoms. The maximum absolute atomic E-state index is 12.6. The Morgan fingerprint density at radius 1 is 1.09 bits per heavy atom. The smallest absolute Gasteiger partial charge is 0.274 e. The third kappa shape index (κ3) is 5.63. The van der Waals surface area contributed by atoms with Crippen LogP contribution in [0.15, 0.2) is 53.6 Å². The fourth-order valence-corrected chi connectivity index (χ4v) is 3.75. The minimum absolute atomic E-state index is 0.00381. The number of halogens is 1. The molecule has 4 rings (SSSR count). The normalized spacial score (nSPS) is 11.1. The highest BCUT2D eigenvalue weighted by Crippen LogP contribution is 2.29. The molecule has 0 bridgehead atoms. The molecule has 0 aliphatic heterocycles. The SMILES string of the molecule is Cc1ccc(OCC(=O)Nc2cc(Cl)ccc2OCc2cc(=O)n3c(ncn3C(C)C)n2)c(C)c1. The van der Waals surface area contributed by atoms with Crippen molar-refractivity contribution in [3.05, 3.63) is 81.0 Å². The number of amides is 1. The first-order valence-electron chi connectivity index (χ1n) is 11.1. The molecule has 9 nitrogen and oxygen atoms in total. The summed E-state index contributed by atoms with van der Waals surface area (Å²) in [5, 5.41) is 3.20. The Morgan fingerprint density at radius 3 is 2.60 bits per heavy atom. The Morgan fingerprint density at radius 2 is 1.86 bits per heavy atom. The van der Waals surface area contributed by atoms with Crippen LogP contribution >= 0.6 is 11.6 Å². The van der Waals surface area contributed by atoms with Crippen LogP contribution in [0.5, 0.6) is 11.5 Å². The van der Waals surface area contributed by atoms with Gasteiger partial charge in [-0.3, -0.25) is 14.3 Å². The molecule has 1 N–H and O–H groups in total. The summed E-state index contributed by atoms with van der Waals surface area (Å²) in [4.78, 5) is 33.8. The monoisotopic (exact) mass is 495 g/mol. The lowest BCUT2D eigenvalue weighted by atomic mass is 10.1. The van der Waals surface area contributed by atoms with Crippen molar-refractivity contribution < 1.29 is 14.3 Å².